The quantitative estimate of drug-likeness (QED) is 0.535. The minimum absolute atomic E-state index is 0.642. The number of hydrogen-bond donors (Lipinski definition) is 0. The molecule has 0 spiro atoms. The van der Waals surface area contributed by atoms with Gasteiger partial charge in [0.25, 0.3) is 0 Å². The topological polar surface area (TPSA) is 0 Å². The number of hydrogen-bond acceptors (Lipinski definition) is 0. The molecule has 74 valence electrons. The second-order valence-corrected chi connectivity index (χ2v) is 4.51. The van der Waals surface area contributed by atoms with Crippen LogP contribution in [-0.4, -0.2) is 0 Å². The third-order valence-corrected chi connectivity index (χ3v) is 3.71. The molecule has 0 aromatic heterocycles. The molecule has 15 heavy (non-hydrogen) atoms. The van der Waals surface area contributed by atoms with E-state index < -0.39 is 0 Å². The van der Waals surface area contributed by atoms with Crippen LogP contribution in [0, 0.1) is 0 Å². The Morgan fingerprint density at radius 1 is 0.867 bits per heavy atom. The van der Waals surface area contributed by atoms with Crippen molar-refractivity contribution in [2.24, 2.45) is 0 Å². The predicted octanol–water partition coefficient (Wildman–Crippen LogP) is 4.56. The number of halogens is 2. The molecule has 0 N–H and O–H groups in total. The van der Waals surface area contributed by atoms with Crippen LogP contribution in [-0.2, 0) is 6.42 Å². The van der Waals surface area contributed by atoms with Gasteiger partial charge in [0.15, 0.2) is 0 Å². The summed E-state index contributed by atoms with van der Waals surface area (Å²) in [6, 6.07) is 12.3. The summed E-state index contributed by atoms with van der Waals surface area (Å²) in [5.74, 6) is 0. The van der Waals surface area contributed by atoms with Crippen LogP contribution in [0.3, 0.4) is 0 Å². The van der Waals surface area contributed by atoms with Gasteiger partial charge in [0.2, 0.25) is 0 Å². The summed E-state index contributed by atoms with van der Waals surface area (Å²) in [7, 11) is 0. The predicted molar refractivity (Wildman–Crippen MR) is 64.7 cm³/mol. The lowest BCUT2D eigenvalue weighted by Gasteiger charge is -2.03. The van der Waals surface area contributed by atoms with E-state index in [4.69, 9.17) is 23.2 Å². The molecular weight excluding hydrogens is 227 g/mol. The number of fused-ring (bicyclic) bond motifs is 3. The van der Waals surface area contributed by atoms with Gasteiger partial charge in [0.05, 0.1) is 10.0 Å². The van der Waals surface area contributed by atoms with Gasteiger partial charge >= 0.3 is 0 Å². The first kappa shape index (κ1) is 9.26. The summed E-state index contributed by atoms with van der Waals surface area (Å²) >= 11 is 12.2. The maximum atomic E-state index is 6.20. The van der Waals surface area contributed by atoms with E-state index in [-0.39, 0.29) is 0 Å². The van der Waals surface area contributed by atoms with Crippen molar-refractivity contribution < 1.29 is 0 Å². The zero-order valence-corrected chi connectivity index (χ0v) is 9.44. The van der Waals surface area contributed by atoms with E-state index in [1.807, 2.05) is 6.07 Å². The minimum Gasteiger partial charge on any atom is -0.0827 e. The summed E-state index contributed by atoms with van der Waals surface area (Å²) in [5, 5.41) is 1.34. The molecular formula is C13H8Cl2. The van der Waals surface area contributed by atoms with Gasteiger partial charge in [0, 0.05) is 6.42 Å². The molecule has 1 aliphatic rings. The Hall–Kier alpha value is -0.980. The van der Waals surface area contributed by atoms with E-state index in [0.29, 0.717) is 10.0 Å². The van der Waals surface area contributed by atoms with Gasteiger partial charge in [-0.3, -0.25) is 0 Å². The molecule has 3 rings (SSSR count). The first-order chi connectivity index (χ1) is 7.27. The van der Waals surface area contributed by atoms with Gasteiger partial charge in [-0.1, -0.05) is 53.5 Å². The first-order valence-corrected chi connectivity index (χ1v) is 5.58. The Kier molecular flexibility index (Phi) is 2.01. The summed E-state index contributed by atoms with van der Waals surface area (Å²) in [6.45, 7) is 0. The van der Waals surface area contributed by atoms with Crippen LogP contribution in [0.15, 0.2) is 36.4 Å². The normalized spacial score (nSPS) is 12.4. The highest BCUT2D eigenvalue weighted by Crippen LogP contribution is 2.42. The van der Waals surface area contributed by atoms with Gasteiger partial charge < -0.3 is 0 Å². The Labute approximate surface area is 98.5 Å². The summed E-state index contributed by atoms with van der Waals surface area (Å²) in [6.07, 6.45) is 0.894. The Bertz CT molecular complexity index is 544. The van der Waals surface area contributed by atoms with Crippen LogP contribution >= 0.6 is 23.2 Å². The molecule has 0 atom stereocenters. The summed E-state index contributed by atoms with van der Waals surface area (Å²) in [5.41, 5.74) is 4.99. The van der Waals surface area contributed by atoms with Gasteiger partial charge in [-0.05, 0) is 28.3 Å². The Morgan fingerprint density at radius 2 is 1.67 bits per heavy atom. The molecule has 2 aromatic rings. The van der Waals surface area contributed by atoms with E-state index in [9.17, 15) is 0 Å². The molecule has 0 unspecified atom stereocenters. The summed E-state index contributed by atoms with van der Waals surface area (Å²) in [4.78, 5) is 0. The molecule has 0 saturated heterocycles. The van der Waals surface area contributed by atoms with E-state index >= 15 is 0 Å². The maximum absolute atomic E-state index is 6.20. The van der Waals surface area contributed by atoms with E-state index in [2.05, 4.69) is 30.3 Å². The molecule has 0 aliphatic heterocycles. The number of benzene rings is 2. The van der Waals surface area contributed by atoms with Crippen LogP contribution in [0.5, 0.6) is 0 Å². The molecule has 0 fully saturated rings. The SMILES string of the molecule is Clc1ccc2c(c1Cl)Cc1ccccc1-2. The van der Waals surface area contributed by atoms with Crippen LogP contribution < -0.4 is 0 Å². The Balaban J connectivity index is 2.31. The van der Waals surface area contributed by atoms with Crippen molar-refractivity contribution >= 4 is 23.2 Å². The molecule has 2 aromatic carbocycles. The van der Waals surface area contributed by atoms with Crippen molar-refractivity contribution in [2.75, 3.05) is 0 Å². The zero-order chi connectivity index (χ0) is 10.4. The standard InChI is InChI=1S/C13H8Cl2/c14-12-6-5-10-9-4-2-1-3-8(9)7-11(10)13(12)15/h1-6H,7H2. The lowest BCUT2D eigenvalue weighted by atomic mass is 10.1. The Morgan fingerprint density at radius 3 is 2.53 bits per heavy atom. The third kappa shape index (κ3) is 1.29. The van der Waals surface area contributed by atoms with Gasteiger partial charge in [0.1, 0.15) is 0 Å². The fourth-order valence-corrected chi connectivity index (χ4v) is 2.55. The second-order valence-electron chi connectivity index (χ2n) is 3.72. The van der Waals surface area contributed by atoms with Crippen molar-refractivity contribution in [3.63, 3.8) is 0 Å². The van der Waals surface area contributed by atoms with Gasteiger partial charge in [-0.25, -0.2) is 0 Å². The molecule has 1 aliphatic carbocycles. The lowest BCUT2D eigenvalue weighted by Crippen LogP contribution is -1.82. The minimum atomic E-state index is 0.642. The fourth-order valence-electron chi connectivity index (χ4n) is 2.15. The van der Waals surface area contributed by atoms with Crippen LogP contribution in [0.4, 0.5) is 0 Å². The van der Waals surface area contributed by atoms with Crippen molar-refractivity contribution in [1.82, 2.24) is 0 Å². The summed E-state index contributed by atoms with van der Waals surface area (Å²) < 4.78 is 0. The van der Waals surface area contributed by atoms with Crippen LogP contribution in [0.25, 0.3) is 11.1 Å². The van der Waals surface area contributed by atoms with E-state index in [1.165, 1.54) is 16.7 Å². The van der Waals surface area contributed by atoms with Gasteiger partial charge in [-0.15, -0.1) is 0 Å². The lowest BCUT2D eigenvalue weighted by molar-refractivity contribution is 1.26. The van der Waals surface area contributed by atoms with Crippen LogP contribution in [0.1, 0.15) is 11.1 Å². The van der Waals surface area contributed by atoms with E-state index in [1.54, 1.807) is 0 Å². The highest BCUT2D eigenvalue weighted by atomic mass is 35.5. The second kappa shape index (κ2) is 3.26. The van der Waals surface area contributed by atoms with Crippen molar-refractivity contribution in [3.8, 4) is 11.1 Å². The average molecular weight is 235 g/mol. The average Bonchev–Trinajstić information content (AvgIpc) is 2.63. The van der Waals surface area contributed by atoms with Crippen molar-refractivity contribution in [3.05, 3.63) is 57.6 Å². The highest BCUT2D eigenvalue weighted by Gasteiger charge is 2.21. The third-order valence-electron chi connectivity index (χ3n) is 2.87. The molecule has 0 amide bonds. The molecule has 0 saturated carbocycles. The molecule has 0 bridgehead atoms. The zero-order valence-electron chi connectivity index (χ0n) is 7.93. The van der Waals surface area contributed by atoms with Crippen molar-refractivity contribution in [2.45, 2.75) is 6.42 Å². The number of rotatable bonds is 0. The highest BCUT2D eigenvalue weighted by molar-refractivity contribution is 6.42. The molecule has 0 nitrogen and oxygen atoms in total. The van der Waals surface area contributed by atoms with Gasteiger partial charge in [-0.2, -0.15) is 0 Å². The van der Waals surface area contributed by atoms with E-state index in [0.717, 1.165) is 12.0 Å². The molecule has 0 radical (unpaired) electrons. The maximum Gasteiger partial charge on any atom is 0.0633 e. The molecule has 0 heterocycles. The monoisotopic (exact) mass is 234 g/mol. The smallest absolute Gasteiger partial charge is 0.0633 e. The first-order valence-electron chi connectivity index (χ1n) is 4.82. The van der Waals surface area contributed by atoms with Crippen LogP contribution in [0.2, 0.25) is 10.0 Å². The largest absolute Gasteiger partial charge is 0.0827 e. The molecule has 2 heteroatoms. The van der Waals surface area contributed by atoms with Crippen molar-refractivity contribution in [1.29, 1.82) is 0 Å². The fraction of sp³-hybridized carbons (Fsp3) is 0.0769.